The minimum atomic E-state index is -0.518. The molecule has 1 N–H and O–H groups in total. The fourth-order valence-electron chi connectivity index (χ4n) is 3.14. The van der Waals surface area contributed by atoms with Crippen molar-refractivity contribution >= 4 is 38.7 Å². The third-order valence-electron chi connectivity index (χ3n) is 4.89. The number of para-hydroxylation sites is 1. The first-order valence-electron chi connectivity index (χ1n) is 10.2. The fraction of sp³-hybridized carbons (Fsp3) is 0.115. The average Bonchev–Trinajstić information content (AvgIpc) is 3.24. The number of fused-ring (bicyclic) bond motifs is 1. The van der Waals surface area contributed by atoms with E-state index in [1.54, 1.807) is 25.3 Å². The highest BCUT2D eigenvalue weighted by Crippen LogP contribution is 2.30. The zero-order valence-electron chi connectivity index (χ0n) is 18.2. The number of ether oxygens (including phenoxy) is 2. The number of nitrogens with one attached hydrogen (secondary N) is 1. The molecule has 7 heteroatoms. The van der Waals surface area contributed by atoms with E-state index < -0.39 is 5.91 Å². The van der Waals surface area contributed by atoms with Gasteiger partial charge in [0.05, 0.1) is 17.3 Å². The molecule has 0 atom stereocenters. The molecule has 0 aliphatic rings. The highest BCUT2D eigenvalue weighted by atomic mass is 32.1. The summed E-state index contributed by atoms with van der Waals surface area (Å²) in [6.45, 7) is 2.44. The molecule has 1 amide bonds. The van der Waals surface area contributed by atoms with Gasteiger partial charge in [-0.25, -0.2) is 4.98 Å². The fourth-order valence-corrected chi connectivity index (χ4v) is 4.00. The number of rotatable bonds is 7. The number of amides is 1. The molecule has 4 aromatic rings. The molecule has 0 spiro atoms. The van der Waals surface area contributed by atoms with Crippen molar-refractivity contribution in [2.75, 3.05) is 12.4 Å². The summed E-state index contributed by atoms with van der Waals surface area (Å²) in [5.74, 6) is 0.572. The second-order valence-electron chi connectivity index (χ2n) is 7.30. The van der Waals surface area contributed by atoms with Crippen LogP contribution in [-0.4, -0.2) is 18.0 Å². The van der Waals surface area contributed by atoms with Crippen LogP contribution in [0, 0.1) is 18.3 Å². The zero-order chi connectivity index (χ0) is 23.2. The van der Waals surface area contributed by atoms with Gasteiger partial charge in [-0.15, -0.1) is 0 Å². The Morgan fingerprint density at radius 1 is 1.12 bits per heavy atom. The molecule has 3 aromatic carbocycles. The molecular formula is C26H21N3O3S. The molecule has 0 saturated carbocycles. The Morgan fingerprint density at radius 3 is 2.64 bits per heavy atom. The zero-order valence-corrected chi connectivity index (χ0v) is 19.0. The molecule has 1 aromatic heterocycles. The largest absolute Gasteiger partial charge is 0.493 e. The van der Waals surface area contributed by atoms with Gasteiger partial charge >= 0.3 is 0 Å². The van der Waals surface area contributed by atoms with Crippen molar-refractivity contribution in [1.29, 1.82) is 5.26 Å². The molecule has 0 bridgehead atoms. The van der Waals surface area contributed by atoms with Gasteiger partial charge in [-0.3, -0.25) is 10.1 Å². The highest BCUT2D eigenvalue weighted by Gasteiger charge is 2.13. The van der Waals surface area contributed by atoms with E-state index in [0.717, 1.165) is 15.8 Å². The van der Waals surface area contributed by atoms with Crippen LogP contribution in [0.1, 0.15) is 16.7 Å². The monoisotopic (exact) mass is 455 g/mol. The summed E-state index contributed by atoms with van der Waals surface area (Å²) >= 11 is 1.36. The predicted molar refractivity (Wildman–Crippen MR) is 130 cm³/mol. The van der Waals surface area contributed by atoms with Gasteiger partial charge in [0.15, 0.2) is 16.6 Å². The van der Waals surface area contributed by atoms with Crippen LogP contribution in [-0.2, 0) is 11.4 Å². The quantitative estimate of drug-likeness (QED) is 0.284. The van der Waals surface area contributed by atoms with Crippen LogP contribution in [0.4, 0.5) is 5.13 Å². The minimum Gasteiger partial charge on any atom is -0.493 e. The number of hydrogen-bond acceptors (Lipinski definition) is 6. The molecule has 4 rings (SSSR count). The number of carbonyl (C=O) groups excluding carboxylic acids is 1. The summed E-state index contributed by atoms with van der Waals surface area (Å²) in [5, 5.41) is 12.7. The summed E-state index contributed by atoms with van der Waals surface area (Å²) in [5.41, 5.74) is 3.64. The van der Waals surface area contributed by atoms with Gasteiger partial charge in [-0.2, -0.15) is 5.26 Å². The van der Waals surface area contributed by atoms with Crippen LogP contribution >= 0.6 is 11.3 Å². The second-order valence-corrected chi connectivity index (χ2v) is 8.33. The lowest BCUT2D eigenvalue weighted by Crippen LogP contribution is -2.13. The smallest absolute Gasteiger partial charge is 0.268 e. The summed E-state index contributed by atoms with van der Waals surface area (Å²) in [6.07, 6.45) is 1.51. The van der Waals surface area contributed by atoms with Gasteiger partial charge in [0.2, 0.25) is 0 Å². The van der Waals surface area contributed by atoms with Gasteiger partial charge in [-0.05, 0) is 48.4 Å². The summed E-state index contributed by atoms with van der Waals surface area (Å²) in [6, 6.07) is 22.9. The topological polar surface area (TPSA) is 84.2 Å². The van der Waals surface area contributed by atoms with Gasteiger partial charge in [0.25, 0.3) is 5.91 Å². The SMILES string of the molecule is COc1cc(/C=C(\C#N)C(=O)Nc2nc3ccccc3s2)ccc1OCc1ccc(C)cc1. The number of methoxy groups -OCH3 is 1. The molecule has 33 heavy (non-hydrogen) atoms. The first-order chi connectivity index (χ1) is 16.1. The standard InChI is InChI=1S/C26H21N3O3S/c1-17-7-9-18(10-8-17)16-32-22-12-11-19(14-23(22)31-2)13-20(15-27)25(30)29-26-28-21-5-3-4-6-24(21)33-26/h3-14H,16H2,1-2H3,(H,28,29,30)/b20-13+. The van der Waals surface area contributed by atoms with Crippen molar-refractivity contribution in [3.05, 3.63) is 89.0 Å². The molecule has 0 radical (unpaired) electrons. The molecule has 0 aliphatic heterocycles. The number of hydrogen-bond donors (Lipinski definition) is 1. The number of carbonyl (C=O) groups is 1. The third-order valence-corrected chi connectivity index (χ3v) is 5.84. The van der Waals surface area contributed by atoms with Crippen molar-refractivity contribution in [2.24, 2.45) is 0 Å². The number of aryl methyl sites for hydroxylation is 1. The van der Waals surface area contributed by atoms with E-state index in [2.05, 4.69) is 10.3 Å². The van der Waals surface area contributed by atoms with E-state index in [4.69, 9.17) is 9.47 Å². The summed E-state index contributed by atoms with van der Waals surface area (Å²) in [4.78, 5) is 17.0. The number of thiazole rings is 1. The van der Waals surface area contributed by atoms with Crippen LogP contribution in [0.15, 0.2) is 72.3 Å². The van der Waals surface area contributed by atoms with E-state index in [-0.39, 0.29) is 5.57 Å². The third kappa shape index (κ3) is 5.37. The molecule has 164 valence electrons. The molecule has 1 heterocycles. The van der Waals surface area contributed by atoms with Crippen molar-refractivity contribution in [3.63, 3.8) is 0 Å². The van der Waals surface area contributed by atoms with Crippen LogP contribution in [0.3, 0.4) is 0 Å². The van der Waals surface area contributed by atoms with Crippen molar-refractivity contribution in [1.82, 2.24) is 4.98 Å². The Kier molecular flexibility index (Phi) is 6.67. The van der Waals surface area contributed by atoms with E-state index >= 15 is 0 Å². The van der Waals surface area contributed by atoms with Crippen molar-refractivity contribution in [2.45, 2.75) is 13.5 Å². The van der Waals surface area contributed by atoms with Gasteiger partial charge in [0, 0.05) is 0 Å². The average molecular weight is 456 g/mol. The lowest BCUT2D eigenvalue weighted by Gasteiger charge is -2.12. The normalized spacial score (nSPS) is 11.1. The Balaban J connectivity index is 1.49. The van der Waals surface area contributed by atoms with Gasteiger partial charge in [-0.1, -0.05) is 59.4 Å². The Bertz CT molecular complexity index is 1330. The predicted octanol–water partition coefficient (Wildman–Crippen LogP) is 5.74. The molecule has 0 aliphatic carbocycles. The maximum absolute atomic E-state index is 12.6. The number of aromatic nitrogens is 1. The van der Waals surface area contributed by atoms with Crippen LogP contribution in [0.2, 0.25) is 0 Å². The van der Waals surface area contributed by atoms with Crippen LogP contribution in [0.5, 0.6) is 11.5 Å². The summed E-state index contributed by atoms with van der Waals surface area (Å²) < 4.78 is 12.3. The second kappa shape index (κ2) is 9.98. The molecule has 0 saturated heterocycles. The number of benzene rings is 3. The van der Waals surface area contributed by atoms with Gasteiger partial charge in [0.1, 0.15) is 18.2 Å². The first kappa shape index (κ1) is 22.1. The van der Waals surface area contributed by atoms with E-state index in [9.17, 15) is 10.1 Å². The Hall–Kier alpha value is -4.15. The Labute approximate surface area is 195 Å². The van der Waals surface area contributed by atoms with E-state index in [0.29, 0.717) is 28.8 Å². The highest BCUT2D eigenvalue weighted by molar-refractivity contribution is 7.22. The van der Waals surface area contributed by atoms with Crippen LogP contribution in [0.25, 0.3) is 16.3 Å². The van der Waals surface area contributed by atoms with Crippen molar-refractivity contribution in [3.8, 4) is 17.6 Å². The number of nitrogens with zero attached hydrogens (tertiary/aromatic N) is 2. The van der Waals surface area contributed by atoms with Crippen LogP contribution < -0.4 is 14.8 Å². The lowest BCUT2D eigenvalue weighted by molar-refractivity contribution is -0.112. The summed E-state index contributed by atoms with van der Waals surface area (Å²) in [7, 11) is 1.55. The van der Waals surface area contributed by atoms with Gasteiger partial charge < -0.3 is 9.47 Å². The molecule has 0 unspecified atom stereocenters. The maximum atomic E-state index is 12.6. The minimum absolute atomic E-state index is 0.0374. The molecule has 0 fully saturated rings. The number of anilines is 1. The lowest BCUT2D eigenvalue weighted by atomic mass is 10.1. The van der Waals surface area contributed by atoms with Crippen molar-refractivity contribution < 1.29 is 14.3 Å². The van der Waals surface area contributed by atoms with E-state index in [1.807, 2.05) is 61.5 Å². The molecular weight excluding hydrogens is 434 g/mol. The first-order valence-corrected chi connectivity index (χ1v) is 11.0. The maximum Gasteiger partial charge on any atom is 0.268 e. The molecule has 6 nitrogen and oxygen atoms in total. The number of nitriles is 1. The Morgan fingerprint density at radius 2 is 1.91 bits per heavy atom. The van der Waals surface area contributed by atoms with E-state index in [1.165, 1.54) is 23.0 Å².